The van der Waals surface area contributed by atoms with Gasteiger partial charge in [-0.1, -0.05) is 30.7 Å². The highest BCUT2D eigenvalue weighted by molar-refractivity contribution is 5.58. The van der Waals surface area contributed by atoms with E-state index >= 15 is 0 Å². The van der Waals surface area contributed by atoms with E-state index in [-0.39, 0.29) is 5.56 Å². The maximum atomic E-state index is 11.4. The number of aromatic nitrogens is 2. The Kier molecular flexibility index (Phi) is 4.39. The molecule has 0 saturated carbocycles. The first-order valence-corrected chi connectivity index (χ1v) is 8.04. The highest BCUT2D eigenvalue weighted by Crippen LogP contribution is 2.26. The average Bonchev–Trinajstić information content (AvgIpc) is 2.58. The van der Waals surface area contributed by atoms with E-state index in [1.165, 1.54) is 42.6 Å². The van der Waals surface area contributed by atoms with Gasteiger partial charge in [0.15, 0.2) is 0 Å². The minimum atomic E-state index is -0.0842. The predicted octanol–water partition coefficient (Wildman–Crippen LogP) is 2.99. The lowest BCUT2D eigenvalue weighted by atomic mass is 10.0. The zero-order chi connectivity index (χ0) is 15.5. The van der Waals surface area contributed by atoms with Crippen molar-refractivity contribution in [2.75, 3.05) is 13.1 Å². The Morgan fingerprint density at radius 3 is 2.32 bits per heavy atom. The topological polar surface area (TPSA) is 38.1 Å². The lowest BCUT2D eigenvalue weighted by Gasteiger charge is -2.32. The number of likely N-dealkylation sites (tertiary alicyclic amines) is 1. The van der Waals surface area contributed by atoms with Crippen molar-refractivity contribution in [1.29, 1.82) is 0 Å². The van der Waals surface area contributed by atoms with Crippen molar-refractivity contribution in [2.45, 2.75) is 32.2 Å². The molecule has 0 N–H and O–H groups in total. The predicted molar refractivity (Wildman–Crippen MR) is 88.8 cm³/mol. The second-order valence-electron chi connectivity index (χ2n) is 6.08. The molecule has 2 aromatic rings. The summed E-state index contributed by atoms with van der Waals surface area (Å²) in [5.41, 5.74) is 3.14. The lowest BCUT2D eigenvalue weighted by Crippen LogP contribution is -2.32. The smallest absolute Gasteiger partial charge is 0.266 e. The van der Waals surface area contributed by atoms with Crippen LogP contribution < -0.4 is 5.56 Å². The summed E-state index contributed by atoms with van der Waals surface area (Å²) >= 11 is 0. The second kappa shape index (κ2) is 6.44. The van der Waals surface area contributed by atoms with Crippen molar-refractivity contribution in [3.63, 3.8) is 0 Å². The molecule has 4 heteroatoms. The van der Waals surface area contributed by atoms with Gasteiger partial charge in [0.2, 0.25) is 0 Å². The molecule has 22 heavy (non-hydrogen) atoms. The minimum absolute atomic E-state index is 0.0842. The van der Waals surface area contributed by atoms with Gasteiger partial charge in [-0.05, 0) is 44.5 Å². The number of piperidine rings is 1. The largest absolute Gasteiger partial charge is 0.297 e. The van der Waals surface area contributed by atoms with Crippen molar-refractivity contribution < 1.29 is 0 Å². The van der Waals surface area contributed by atoms with Crippen molar-refractivity contribution in [3.05, 3.63) is 52.3 Å². The van der Waals surface area contributed by atoms with Crippen LogP contribution in [0.2, 0.25) is 0 Å². The number of hydrogen-bond donors (Lipinski definition) is 0. The Labute approximate surface area is 131 Å². The van der Waals surface area contributed by atoms with E-state index in [0.717, 1.165) is 11.3 Å². The molecule has 1 aromatic carbocycles. The van der Waals surface area contributed by atoms with E-state index in [4.69, 9.17) is 0 Å². The maximum absolute atomic E-state index is 11.4. The van der Waals surface area contributed by atoms with Crippen LogP contribution >= 0.6 is 0 Å². The van der Waals surface area contributed by atoms with Gasteiger partial charge in [-0.25, -0.2) is 4.68 Å². The summed E-state index contributed by atoms with van der Waals surface area (Å²) in [6, 6.07) is 12.4. The monoisotopic (exact) mass is 297 g/mol. The molecule has 1 aliphatic rings. The first-order chi connectivity index (χ1) is 10.6. The third-order valence-electron chi connectivity index (χ3n) is 4.59. The fourth-order valence-electron chi connectivity index (χ4n) is 3.11. The fraction of sp³-hybridized carbons (Fsp3) is 0.444. The molecule has 0 radical (unpaired) electrons. The van der Waals surface area contributed by atoms with Gasteiger partial charge in [-0.3, -0.25) is 9.69 Å². The summed E-state index contributed by atoms with van der Waals surface area (Å²) in [7, 11) is 1.68. The summed E-state index contributed by atoms with van der Waals surface area (Å²) in [6.45, 7) is 4.68. The van der Waals surface area contributed by atoms with Crippen molar-refractivity contribution in [1.82, 2.24) is 14.7 Å². The van der Waals surface area contributed by atoms with Crippen LogP contribution in [0.1, 0.15) is 37.8 Å². The molecular formula is C18H23N3O. The molecular weight excluding hydrogens is 274 g/mol. The molecule has 0 bridgehead atoms. The van der Waals surface area contributed by atoms with E-state index in [9.17, 15) is 4.79 Å². The number of rotatable bonds is 3. The highest BCUT2D eigenvalue weighted by atomic mass is 16.1. The summed E-state index contributed by atoms with van der Waals surface area (Å²) in [4.78, 5) is 14.0. The van der Waals surface area contributed by atoms with Crippen molar-refractivity contribution >= 4 is 0 Å². The van der Waals surface area contributed by atoms with Crippen molar-refractivity contribution in [2.24, 2.45) is 7.05 Å². The Hall–Kier alpha value is -1.94. The van der Waals surface area contributed by atoms with Gasteiger partial charge in [0, 0.05) is 24.7 Å². The maximum Gasteiger partial charge on any atom is 0.266 e. The Morgan fingerprint density at radius 1 is 1.00 bits per heavy atom. The molecule has 0 unspecified atom stereocenters. The summed E-state index contributed by atoms with van der Waals surface area (Å²) < 4.78 is 1.37. The van der Waals surface area contributed by atoms with Crippen LogP contribution in [0.25, 0.3) is 11.3 Å². The number of benzene rings is 1. The van der Waals surface area contributed by atoms with Gasteiger partial charge in [0.25, 0.3) is 5.56 Å². The van der Waals surface area contributed by atoms with Gasteiger partial charge in [0.1, 0.15) is 0 Å². The second-order valence-corrected chi connectivity index (χ2v) is 6.08. The van der Waals surface area contributed by atoms with Gasteiger partial charge >= 0.3 is 0 Å². The molecule has 1 fully saturated rings. The molecule has 1 aliphatic heterocycles. The SMILES string of the molecule is C[C@H](c1ccc(-c2ccc(=O)n(C)n2)cc1)N1CCCCC1. The van der Waals surface area contributed by atoms with Crippen LogP contribution in [0.3, 0.4) is 0 Å². The van der Waals surface area contributed by atoms with Crippen LogP contribution in [-0.2, 0) is 7.05 Å². The zero-order valence-electron chi connectivity index (χ0n) is 13.3. The molecule has 1 aromatic heterocycles. The molecule has 116 valence electrons. The minimum Gasteiger partial charge on any atom is -0.297 e. The Balaban J connectivity index is 1.79. The number of aryl methyl sites for hydroxylation is 1. The van der Waals surface area contributed by atoms with Crippen LogP contribution in [-0.4, -0.2) is 27.8 Å². The summed E-state index contributed by atoms with van der Waals surface area (Å²) in [5, 5.41) is 4.30. The third-order valence-corrected chi connectivity index (χ3v) is 4.59. The third kappa shape index (κ3) is 3.12. The van der Waals surface area contributed by atoms with Gasteiger partial charge in [0.05, 0.1) is 5.69 Å². The molecule has 1 atom stereocenters. The lowest BCUT2D eigenvalue weighted by molar-refractivity contribution is 0.175. The van der Waals surface area contributed by atoms with E-state index in [1.54, 1.807) is 19.2 Å². The van der Waals surface area contributed by atoms with Gasteiger partial charge < -0.3 is 0 Å². The number of hydrogen-bond acceptors (Lipinski definition) is 3. The first kappa shape index (κ1) is 15.0. The van der Waals surface area contributed by atoms with Crippen LogP contribution in [0.4, 0.5) is 0 Å². The first-order valence-electron chi connectivity index (χ1n) is 8.04. The van der Waals surface area contributed by atoms with Crippen LogP contribution in [0.5, 0.6) is 0 Å². The molecule has 1 saturated heterocycles. The van der Waals surface area contributed by atoms with Gasteiger partial charge in [-0.15, -0.1) is 0 Å². The Bertz CT molecular complexity index is 684. The van der Waals surface area contributed by atoms with Gasteiger partial charge in [-0.2, -0.15) is 5.10 Å². The van der Waals surface area contributed by atoms with Crippen molar-refractivity contribution in [3.8, 4) is 11.3 Å². The standard InChI is InChI=1S/C18H23N3O/c1-14(21-12-4-3-5-13-21)15-6-8-16(9-7-15)17-10-11-18(22)20(2)19-17/h6-11,14H,3-5,12-13H2,1-2H3/t14-/m1/s1. The molecule has 2 heterocycles. The zero-order valence-corrected chi connectivity index (χ0v) is 13.3. The van der Waals surface area contributed by atoms with E-state index in [1.807, 2.05) is 0 Å². The summed E-state index contributed by atoms with van der Waals surface area (Å²) in [6.07, 6.45) is 3.98. The molecule has 0 aliphatic carbocycles. The molecule has 4 nitrogen and oxygen atoms in total. The van der Waals surface area contributed by atoms with E-state index in [2.05, 4.69) is 41.2 Å². The fourth-order valence-corrected chi connectivity index (χ4v) is 3.11. The quantitative estimate of drug-likeness (QED) is 0.874. The normalized spacial score (nSPS) is 17.4. The van der Waals surface area contributed by atoms with Crippen LogP contribution in [0, 0.1) is 0 Å². The average molecular weight is 297 g/mol. The van der Waals surface area contributed by atoms with E-state index < -0.39 is 0 Å². The summed E-state index contributed by atoms with van der Waals surface area (Å²) in [5.74, 6) is 0. The number of nitrogens with zero attached hydrogens (tertiary/aromatic N) is 3. The van der Waals surface area contributed by atoms with E-state index in [0.29, 0.717) is 6.04 Å². The molecule has 0 spiro atoms. The Morgan fingerprint density at radius 2 is 1.68 bits per heavy atom. The highest BCUT2D eigenvalue weighted by Gasteiger charge is 2.18. The molecule has 3 rings (SSSR count). The van der Waals surface area contributed by atoms with Crippen LogP contribution in [0.15, 0.2) is 41.2 Å². The molecule has 0 amide bonds.